The first-order chi connectivity index (χ1) is 8.10. The van der Waals surface area contributed by atoms with Gasteiger partial charge in [-0.25, -0.2) is 13.1 Å². The third-order valence-corrected chi connectivity index (χ3v) is 5.63. The summed E-state index contributed by atoms with van der Waals surface area (Å²) in [6.45, 7) is 5.96. The number of aryl methyl sites for hydroxylation is 1. The molecular weight excluding hydrogens is 272 g/mol. The normalized spacial score (nSPS) is 12.9. The molecule has 0 amide bonds. The predicted octanol–water partition coefficient (Wildman–Crippen LogP) is 0.731. The summed E-state index contributed by atoms with van der Waals surface area (Å²) in [5.74, 6) is 0.0319. The lowest BCUT2D eigenvalue weighted by molar-refractivity contribution is 0.570. The molecule has 6 nitrogen and oxygen atoms in total. The molecule has 0 aliphatic rings. The highest BCUT2D eigenvalue weighted by atomic mass is 32.2. The third-order valence-electron chi connectivity index (χ3n) is 2.81. The first-order valence-electron chi connectivity index (χ1n) is 5.44. The van der Waals surface area contributed by atoms with Crippen molar-refractivity contribution >= 4 is 27.6 Å². The molecule has 0 atom stereocenters. The van der Waals surface area contributed by atoms with Crippen molar-refractivity contribution in [1.82, 2.24) is 14.5 Å². The van der Waals surface area contributed by atoms with Gasteiger partial charge in [-0.1, -0.05) is 0 Å². The van der Waals surface area contributed by atoms with Crippen LogP contribution in [0.15, 0.2) is 4.90 Å². The van der Waals surface area contributed by atoms with Gasteiger partial charge in [0.15, 0.2) is 5.82 Å². The number of rotatable bonds is 5. The van der Waals surface area contributed by atoms with Gasteiger partial charge >= 0.3 is 0 Å². The molecule has 1 rings (SSSR count). The van der Waals surface area contributed by atoms with Crippen LogP contribution >= 0.6 is 11.8 Å². The van der Waals surface area contributed by atoms with E-state index in [0.717, 1.165) is 0 Å². The lowest BCUT2D eigenvalue weighted by Crippen LogP contribution is -2.36. The molecule has 0 saturated carbocycles. The molecule has 0 aliphatic heterocycles. The topological polar surface area (TPSA) is 90.0 Å². The Labute approximate surface area is 112 Å². The summed E-state index contributed by atoms with van der Waals surface area (Å²) in [5, 5.41) is 3.91. The summed E-state index contributed by atoms with van der Waals surface area (Å²) in [6.07, 6.45) is 1.94. The monoisotopic (exact) mass is 292 g/mol. The number of sulfonamides is 1. The molecule has 0 unspecified atom stereocenters. The number of aromatic nitrogens is 2. The third kappa shape index (κ3) is 3.18. The van der Waals surface area contributed by atoms with Gasteiger partial charge in [-0.05, 0) is 27.0 Å². The van der Waals surface area contributed by atoms with Crippen LogP contribution in [-0.4, -0.2) is 35.7 Å². The van der Waals surface area contributed by atoms with Crippen LogP contribution in [0, 0.1) is 6.92 Å². The van der Waals surface area contributed by atoms with E-state index < -0.39 is 10.0 Å². The SMILES string of the molecule is CSC(C)(C)CNS(=O)(=O)c1c(N)nn(C)c1C. The number of hydrogen-bond donors (Lipinski definition) is 2. The summed E-state index contributed by atoms with van der Waals surface area (Å²) >= 11 is 1.60. The van der Waals surface area contributed by atoms with Crippen molar-refractivity contribution in [3.8, 4) is 0 Å². The smallest absolute Gasteiger partial charge is 0.246 e. The first kappa shape index (κ1) is 15.3. The van der Waals surface area contributed by atoms with Crippen LogP contribution in [0.2, 0.25) is 0 Å². The highest BCUT2D eigenvalue weighted by Gasteiger charge is 2.27. The van der Waals surface area contributed by atoms with E-state index in [0.29, 0.717) is 12.2 Å². The molecule has 0 fully saturated rings. The molecular formula is C10H20N4O2S2. The average Bonchev–Trinajstić information content (AvgIpc) is 2.51. The van der Waals surface area contributed by atoms with Crippen molar-refractivity contribution in [3.05, 3.63) is 5.69 Å². The number of nitrogen functional groups attached to an aromatic ring is 1. The van der Waals surface area contributed by atoms with Crippen molar-refractivity contribution in [2.45, 2.75) is 30.4 Å². The van der Waals surface area contributed by atoms with E-state index in [2.05, 4.69) is 9.82 Å². The van der Waals surface area contributed by atoms with Crippen LogP contribution in [0.4, 0.5) is 5.82 Å². The van der Waals surface area contributed by atoms with Crippen molar-refractivity contribution < 1.29 is 8.42 Å². The summed E-state index contributed by atoms with van der Waals surface area (Å²) in [6, 6.07) is 0. The van der Waals surface area contributed by atoms with E-state index in [1.165, 1.54) is 4.68 Å². The Hall–Kier alpha value is -0.730. The number of nitrogens with one attached hydrogen (secondary N) is 1. The fourth-order valence-corrected chi connectivity index (χ4v) is 3.20. The van der Waals surface area contributed by atoms with Gasteiger partial charge in [-0.15, -0.1) is 0 Å². The number of thioether (sulfide) groups is 1. The molecule has 1 heterocycles. The quantitative estimate of drug-likeness (QED) is 0.835. The number of anilines is 1. The zero-order chi connectivity index (χ0) is 14.1. The van der Waals surface area contributed by atoms with Gasteiger partial charge in [0, 0.05) is 18.3 Å². The Balaban J connectivity index is 3.01. The van der Waals surface area contributed by atoms with E-state index in [1.54, 1.807) is 25.7 Å². The predicted molar refractivity (Wildman–Crippen MR) is 75.1 cm³/mol. The van der Waals surface area contributed by atoms with Crippen LogP contribution in [-0.2, 0) is 17.1 Å². The zero-order valence-corrected chi connectivity index (χ0v) is 12.9. The fraction of sp³-hybridized carbons (Fsp3) is 0.700. The molecule has 0 aliphatic carbocycles. The Morgan fingerprint density at radius 1 is 1.50 bits per heavy atom. The minimum Gasteiger partial charge on any atom is -0.381 e. The molecule has 0 radical (unpaired) electrons. The molecule has 8 heteroatoms. The second kappa shape index (κ2) is 5.10. The van der Waals surface area contributed by atoms with Crippen molar-refractivity contribution in [2.24, 2.45) is 7.05 Å². The van der Waals surface area contributed by atoms with E-state index in [4.69, 9.17) is 5.73 Å². The zero-order valence-electron chi connectivity index (χ0n) is 11.3. The number of nitrogens with zero attached hydrogens (tertiary/aromatic N) is 2. The number of hydrogen-bond acceptors (Lipinski definition) is 5. The second-order valence-electron chi connectivity index (χ2n) is 4.71. The van der Waals surface area contributed by atoms with E-state index in [9.17, 15) is 8.42 Å². The van der Waals surface area contributed by atoms with Crippen molar-refractivity contribution in [1.29, 1.82) is 0 Å². The standard InChI is InChI=1S/C10H20N4O2S2/c1-7-8(9(11)13-14(7)4)18(15,16)12-6-10(2,3)17-5/h12H,6H2,1-5H3,(H2,11,13). The second-order valence-corrected chi connectivity index (χ2v) is 7.93. The van der Waals surface area contributed by atoms with E-state index in [1.807, 2.05) is 20.1 Å². The van der Waals surface area contributed by atoms with Crippen molar-refractivity contribution in [2.75, 3.05) is 18.5 Å². The highest BCUT2D eigenvalue weighted by molar-refractivity contribution is 8.00. The summed E-state index contributed by atoms with van der Waals surface area (Å²) in [4.78, 5) is 0.0712. The Morgan fingerprint density at radius 3 is 2.44 bits per heavy atom. The maximum Gasteiger partial charge on any atom is 0.246 e. The van der Waals surface area contributed by atoms with Gasteiger partial charge in [0.2, 0.25) is 10.0 Å². The summed E-state index contributed by atoms with van der Waals surface area (Å²) < 4.78 is 28.3. The van der Waals surface area contributed by atoms with Gasteiger partial charge in [0.1, 0.15) is 4.90 Å². The molecule has 0 aromatic carbocycles. The van der Waals surface area contributed by atoms with E-state index in [-0.39, 0.29) is 15.5 Å². The highest BCUT2D eigenvalue weighted by Crippen LogP contribution is 2.23. The first-order valence-corrected chi connectivity index (χ1v) is 8.15. The minimum absolute atomic E-state index is 0.0319. The molecule has 0 saturated heterocycles. The van der Waals surface area contributed by atoms with Crippen LogP contribution in [0.1, 0.15) is 19.5 Å². The maximum atomic E-state index is 12.2. The Bertz CT molecular complexity index is 534. The van der Waals surface area contributed by atoms with Gasteiger partial charge in [-0.2, -0.15) is 16.9 Å². The number of nitrogens with two attached hydrogens (primary N) is 1. The lowest BCUT2D eigenvalue weighted by Gasteiger charge is -2.22. The fourth-order valence-electron chi connectivity index (χ4n) is 1.36. The van der Waals surface area contributed by atoms with Gasteiger partial charge in [0.05, 0.1) is 5.69 Å². The Kier molecular flexibility index (Phi) is 4.34. The molecule has 1 aromatic heterocycles. The minimum atomic E-state index is -3.62. The van der Waals surface area contributed by atoms with Crippen LogP contribution in [0.25, 0.3) is 0 Å². The molecule has 0 spiro atoms. The lowest BCUT2D eigenvalue weighted by atomic mass is 10.2. The van der Waals surface area contributed by atoms with Crippen LogP contribution in [0.3, 0.4) is 0 Å². The maximum absolute atomic E-state index is 12.2. The van der Waals surface area contributed by atoms with Crippen LogP contribution in [0.5, 0.6) is 0 Å². The van der Waals surface area contributed by atoms with Gasteiger partial charge in [0.25, 0.3) is 0 Å². The molecule has 18 heavy (non-hydrogen) atoms. The Morgan fingerprint density at radius 2 is 2.06 bits per heavy atom. The average molecular weight is 292 g/mol. The van der Waals surface area contributed by atoms with Gasteiger partial charge < -0.3 is 5.73 Å². The van der Waals surface area contributed by atoms with E-state index >= 15 is 0 Å². The molecule has 0 bridgehead atoms. The van der Waals surface area contributed by atoms with Crippen LogP contribution < -0.4 is 10.5 Å². The summed E-state index contributed by atoms with van der Waals surface area (Å²) in [7, 11) is -1.95. The van der Waals surface area contributed by atoms with Crippen molar-refractivity contribution in [3.63, 3.8) is 0 Å². The van der Waals surface area contributed by atoms with Gasteiger partial charge in [-0.3, -0.25) is 4.68 Å². The molecule has 3 N–H and O–H groups in total. The largest absolute Gasteiger partial charge is 0.381 e. The molecule has 1 aromatic rings. The molecule has 104 valence electrons. The summed E-state index contributed by atoms with van der Waals surface area (Å²) in [5.41, 5.74) is 6.17.